The molecule has 1 aliphatic rings. The summed E-state index contributed by atoms with van der Waals surface area (Å²) in [5, 5.41) is 0. The third-order valence-electron chi connectivity index (χ3n) is 5.35. The quantitative estimate of drug-likeness (QED) is 0.646. The maximum Gasteiger partial charge on any atom is 0.274 e. The van der Waals surface area contributed by atoms with Gasteiger partial charge in [-0.25, -0.2) is 4.98 Å². The van der Waals surface area contributed by atoms with Crippen LogP contribution >= 0.6 is 0 Å². The monoisotopic (exact) mass is 391 g/mol. The van der Waals surface area contributed by atoms with Gasteiger partial charge in [0, 0.05) is 13.6 Å². The summed E-state index contributed by atoms with van der Waals surface area (Å²) >= 11 is 0. The van der Waals surface area contributed by atoms with E-state index < -0.39 is 0 Å². The fourth-order valence-corrected chi connectivity index (χ4v) is 3.55. The van der Waals surface area contributed by atoms with E-state index in [9.17, 15) is 4.79 Å². The molecule has 6 heteroatoms. The van der Waals surface area contributed by atoms with E-state index in [0.29, 0.717) is 25.4 Å². The van der Waals surface area contributed by atoms with Crippen molar-refractivity contribution in [1.82, 2.24) is 14.5 Å². The molecular formula is C23H25N3O3. The largest absolute Gasteiger partial charge is 0.497 e. The molecule has 0 radical (unpaired) electrons. The average Bonchev–Trinajstić information content (AvgIpc) is 3.21. The molecule has 0 saturated heterocycles. The van der Waals surface area contributed by atoms with Crippen LogP contribution in [0, 0.1) is 0 Å². The van der Waals surface area contributed by atoms with Crippen molar-refractivity contribution in [1.29, 1.82) is 0 Å². The van der Waals surface area contributed by atoms with E-state index in [4.69, 9.17) is 9.47 Å². The molecule has 0 saturated carbocycles. The number of carbonyl (C=O) groups excluding carboxylic acids is 1. The third kappa shape index (κ3) is 4.17. The van der Waals surface area contributed by atoms with Crippen molar-refractivity contribution in [2.24, 2.45) is 0 Å². The number of hydrogen-bond acceptors (Lipinski definition) is 4. The molecule has 0 fully saturated rings. The van der Waals surface area contributed by atoms with Gasteiger partial charge in [0.05, 0.1) is 32.3 Å². The lowest BCUT2D eigenvalue weighted by Crippen LogP contribution is -2.31. The van der Waals surface area contributed by atoms with Gasteiger partial charge in [0.2, 0.25) is 0 Å². The highest BCUT2D eigenvalue weighted by atomic mass is 16.5. The maximum absolute atomic E-state index is 12.9. The SMILES string of the molecule is COc1ccc([C@@H]2Cn3cnc(C(=O)N(C)CCc4ccccc4)c3CO2)cc1. The number of likely N-dealkylation sites (N-methyl/N-ethyl adjacent to an activating group) is 1. The molecule has 150 valence electrons. The summed E-state index contributed by atoms with van der Waals surface area (Å²) in [6.07, 6.45) is 2.49. The normalized spacial score (nSPS) is 15.6. The van der Waals surface area contributed by atoms with E-state index in [1.54, 1.807) is 18.3 Å². The van der Waals surface area contributed by atoms with Crippen LogP contribution in [0.15, 0.2) is 60.9 Å². The first-order valence-electron chi connectivity index (χ1n) is 9.74. The molecule has 0 N–H and O–H groups in total. The Balaban J connectivity index is 1.42. The average molecular weight is 391 g/mol. The lowest BCUT2D eigenvalue weighted by Gasteiger charge is -2.26. The minimum Gasteiger partial charge on any atom is -0.497 e. The highest BCUT2D eigenvalue weighted by Gasteiger charge is 2.27. The molecule has 1 aromatic heterocycles. The van der Waals surface area contributed by atoms with Crippen LogP contribution in [0.4, 0.5) is 0 Å². The van der Waals surface area contributed by atoms with Gasteiger partial charge in [-0.05, 0) is 29.7 Å². The molecule has 2 aromatic carbocycles. The Hall–Kier alpha value is -3.12. The molecular weight excluding hydrogens is 366 g/mol. The van der Waals surface area contributed by atoms with Gasteiger partial charge in [-0.2, -0.15) is 0 Å². The van der Waals surface area contributed by atoms with Crippen molar-refractivity contribution < 1.29 is 14.3 Å². The molecule has 2 heterocycles. The molecule has 4 rings (SSSR count). The predicted octanol–water partition coefficient (Wildman–Crippen LogP) is 3.48. The van der Waals surface area contributed by atoms with Gasteiger partial charge in [-0.15, -0.1) is 0 Å². The van der Waals surface area contributed by atoms with Gasteiger partial charge in [-0.3, -0.25) is 4.79 Å². The van der Waals surface area contributed by atoms with Crippen molar-refractivity contribution in [3.63, 3.8) is 0 Å². The Kier molecular flexibility index (Phi) is 5.62. The van der Waals surface area contributed by atoms with Gasteiger partial charge in [0.15, 0.2) is 5.69 Å². The number of rotatable bonds is 6. The number of hydrogen-bond donors (Lipinski definition) is 0. The highest BCUT2D eigenvalue weighted by molar-refractivity contribution is 5.93. The number of amides is 1. The number of ether oxygens (including phenoxy) is 2. The zero-order chi connectivity index (χ0) is 20.2. The minimum absolute atomic E-state index is 0.0682. The van der Waals surface area contributed by atoms with Crippen molar-refractivity contribution in [2.45, 2.75) is 25.7 Å². The summed E-state index contributed by atoms with van der Waals surface area (Å²) in [4.78, 5) is 19.0. The number of fused-ring (bicyclic) bond motifs is 1. The van der Waals surface area contributed by atoms with E-state index in [2.05, 4.69) is 17.1 Å². The van der Waals surface area contributed by atoms with Crippen LogP contribution in [0.5, 0.6) is 5.75 Å². The van der Waals surface area contributed by atoms with E-state index >= 15 is 0 Å². The summed E-state index contributed by atoms with van der Waals surface area (Å²) < 4.78 is 13.3. The molecule has 6 nitrogen and oxygen atoms in total. The maximum atomic E-state index is 12.9. The van der Waals surface area contributed by atoms with Crippen molar-refractivity contribution in [3.05, 3.63) is 83.4 Å². The summed E-state index contributed by atoms with van der Waals surface area (Å²) in [6.45, 7) is 1.64. The van der Waals surface area contributed by atoms with Gasteiger partial charge in [-0.1, -0.05) is 42.5 Å². The Labute approximate surface area is 170 Å². The number of nitrogens with zero attached hydrogens (tertiary/aromatic N) is 3. The first kappa shape index (κ1) is 19.2. The van der Waals surface area contributed by atoms with Crippen LogP contribution in [-0.2, 0) is 24.3 Å². The molecule has 0 spiro atoms. The van der Waals surface area contributed by atoms with Crippen LogP contribution < -0.4 is 4.74 Å². The topological polar surface area (TPSA) is 56.6 Å². The van der Waals surface area contributed by atoms with E-state index in [0.717, 1.165) is 23.4 Å². The summed E-state index contributed by atoms with van der Waals surface area (Å²) in [7, 11) is 3.47. The van der Waals surface area contributed by atoms with Crippen LogP contribution in [0.1, 0.15) is 33.4 Å². The zero-order valence-corrected chi connectivity index (χ0v) is 16.7. The van der Waals surface area contributed by atoms with Gasteiger partial charge in [0.25, 0.3) is 5.91 Å². The highest BCUT2D eigenvalue weighted by Crippen LogP contribution is 2.29. The lowest BCUT2D eigenvalue weighted by molar-refractivity contribution is 0.00237. The molecule has 1 amide bonds. The lowest BCUT2D eigenvalue weighted by atomic mass is 10.1. The smallest absolute Gasteiger partial charge is 0.274 e. The summed E-state index contributed by atoms with van der Waals surface area (Å²) in [5.74, 6) is 0.750. The van der Waals surface area contributed by atoms with Crippen molar-refractivity contribution >= 4 is 5.91 Å². The fourth-order valence-electron chi connectivity index (χ4n) is 3.55. The molecule has 1 aliphatic heterocycles. The predicted molar refractivity (Wildman–Crippen MR) is 110 cm³/mol. The zero-order valence-electron chi connectivity index (χ0n) is 16.7. The molecule has 0 unspecified atom stereocenters. The minimum atomic E-state index is -0.0684. The Bertz CT molecular complexity index is 967. The second kappa shape index (κ2) is 8.49. The van der Waals surface area contributed by atoms with E-state index in [1.807, 2.05) is 54.1 Å². The molecule has 3 aromatic rings. The second-order valence-electron chi connectivity index (χ2n) is 7.23. The Morgan fingerprint density at radius 2 is 1.97 bits per heavy atom. The van der Waals surface area contributed by atoms with Crippen LogP contribution in [0.25, 0.3) is 0 Å². The van der Waals surface area contributed by atoms with Crippen LogP contribution in [0.3, 0.4) is 0 Å². The first-order chi connectivity index (χ1) is 14.2. The number of imidazole rings is 1. The standard InChI is InChI=1S/C23H25N3O3/c1-25(13-12-17-6-4-3-5-7-17)23(27)22-20-15-29-21(14-26(20)16-24-22)18-8-10-19(28-2)11-9-18/h3-11,16,21H,12-15H2,1-2H3/t21-/m0/s1. The number of methoxy groups -OCH3 is 1. The molecule has 1 atom stereocenters. The van der Waals surface area contributed by atoms with Gasteiger partial charge >= 0.3 is 0 Å². The Morgan fingerprint density at radius 1 is 1.21 bits per heavy atom. The summed E-state index contributed by atoms with van der Waals surface area (Å²) in [5.41, 5.74) is 3.61. The van der Waals surface area contributed by atoms with Crippen molar-refractivity contribution in [2.75, 3.05) is 20.7 Å². The molecule has 0 bridgehead atoms. The Morgan fingerprint density at radius 3 is 2.69 bits per heavy atom. The fraction of sp³-hybridized carbons (Fsp3) is 0.304. The molecule has 29 heavy (non-hydrogen) atoms. The van der Waals surface area contributed by atoms with Gasteiger partial charge < -0.3 is 18.9 Å². The molecule has 0 aliphatic carbocycles. The second-order valence-corrected chi connectivity index (χ2v) is 7.23. The summed E-state index contributed by atoms with van der Waals surface area (Å²) in [6, 6.07) is 18.0. The number of aromatic nitrogens is 2. The first-order valence-corrected chi connectivity index (χ1v) is 9.74. The third-order valence-corrected chi connectivity index (χ3v) is 5.35. The van der Waals surface area contributed by atoms with E-state index in [-0.39, 0.29) is 12.0 Å². The number of carbonyl (C=O) groups is 1. The van der Waals surface area contributed by atoms with Gasteiger partial charge in [0.1, 0.15) is 11.9 Å². The number of benzene rings is 2. The van der Waals surface area contributed by atoms with Crippen LogP contribution in [0.2, 0.25) is 0 Å². The van der Waals surface area contributed by atoms with Crippen molar-refractivity contribution in [3.8, 4) is 5.75 Å². The van der Waals surface area contributed by atoms with E-state index in [1.165, 1.54) is 5.56 Å². The van der Waals surface area contributed by atoms with Crippen LogP contribution in [-0.4, -0.2) is 41.1 Å².